The average molecular weight is 394 g/mol. The quantitative estimate of drug-likeness (QED) is 0.452. The van der Waals surface area contributed by atoms with Gasteiger partial charge in [0.1, 0.15) is 17.2 Å². The SMILES string of the molecule is CC(OC(=O)/C(C#N)=C/c1ccc(N(C)C)cc1)C(=O)NC1(C#N)CCCCC1. The molecule has 0 saturated heterocycles. The summed E-state index contributed by atoms with van der Waals surface area (Å²) in [7, 11) is 3.83. The summed E-state index contributed by atoms with van der Waals surface area (Å²) in [6, 6.07) is 11.3. The fraction of sp³-hybridized carbons (Fsp3) is 0.455. The fourth-order valence-electron chi connectivity index (χ4n) is 3.21. The van der Waals surface area contributed by atoms with Gasteiger partial charge in [0, 0.05) is 19.8 Å². The van der Waals surface area contributed by atoms with Crippen LogP contribution in [-0.4, -0.2) is 37.6 Å². The van der Waals surface area contributed by atoms with E-state index >= 15 is 0 Å². The molecule has 1 fully saturated rings. The van der Waals surface area contributed by atoms with E-state index in [4.69, 9.17) is 4.74 Å². The first-order valence-corrected chi connectivity index (χ1v) is 9.64. The van der Waals surface area contributed by atoms with E-state index in [9.17, 15) is 20.1 Å². The van der Waals surface area contributed by atoms with Gasteiger partial charge in [0.25, 0.3) is 5.91 Å². The minimum absolute atomic E-state index is 0.199. The number of carbonyl (C=O) groups is 2. The van der Waals surface area contributed by atoms with E-state index in [-0.39, 0.29) is 5.57 Å². The van der Waals surface area contributed by atoms with Gasteiger partial charge in [-0.15, -0.1) is 0 Å². The zero-order valence-corrected chi connectivity index (χ0v) is 17.1. The van der Waals surface area contributed by atoms with Crippen LogP contribution in [0.2, 0.25) is 0 Å². The van der Waals surface area contributed by atoms with Gasteiger partial charge < -0.3 is 15.0 Å². The van der Waals surface area contributed by atoms with Crippen LogP contribution in [0.1, 0.15) is 44.6 Å². The van der Waals surface area contributed by atoms with Crippen molar-refractivity contribution in [2.24, 2.45) is 0 Å². The Morgan fingerprint density at radius 3 is 2.31 bits per heavy atom. The van der Waals surface area contributed by atoms with Crippen LogP contribution in [0.5, 0.6) is 0 Å². The largest absolute Gasteiger partial charge is 0.448 e. The molecule has 1 saturated carbocycles. The van der Waals surface area contributed by atoms with Gasteiger partial charge in [0.05, 0.1) is 6.07 Å². The highest BCUT2D eigenvalue weighted by molar-refractivity contribution is 5.99. The monoisotopic (exact) mass is 394 g/mol. The number of carbonyl (C=O) groups excluding carboxylic acids is 2. The number of rotatable bonds is 6. The Labute approximate surface area is 171 Å². The molecule has 1 aromatic carbocycles. The van der Waals surface area contributed by atoms with Crippen molar-refractivity contribution in [3.05, 3.63) is 35.4 Å². The number of ether oxygens (including phenoxy) is 1. The van der Waals surface area contributed by atoms with Crippen LogP contribution in [0.15, 0.2) is 29.8 Å². The molecule has 1 aliphatic rings. The minimum Gasteiger partial charge on any atom is -0.448 e. The molecule has 0 aliphatic heterocycles. The second kappa shape index (κ2) is 9.75. The van der Waals surface area contributed by atoms with Gasteiger partial charge in [-0.1, -0.05) is 31.4 Å². The lowest BCUT2D eigenvalue weighted by molar-refractivity contribution is -0.151. The zero-order valence-electron chi connectivity index (χ0n) is 17.1. The van der Waals surface area contributed by atoms with E-state index in [1.54, 1.807) is 12.1 Å². The second-order valence-corrected chi connectivity index (χ2v) is 7.45. The van der Waals surface area contributed by atoms with E-state index in [1.165, 1.54) is 13.0 Å². The van der Waals surface area contributed by atoms with Gasteiger partial charge in [-0.25, -0.2) is 4.79 Å². The average Bonchev–Trinajstić information content (AvgIpc) is 2.72. The highest BCUT2D eigenvalue weighted by atomic mass is 16.5. The Bertz CT molecular complexity index is 854. The molecular weight excluding hydrogens is 368 g/mol. The van der Waals surface area contributed by atoms with E-state index in [1.807, 2.05) is 37.2 Å². The van der Waals surface area contributed by atoms with Gasteiger partial charge >= 0.3 is 5.97 Å². The van der Waals surface area contributed by atoms with Crippen molar-refractivity contribution in [1.82, 2.24) is 5.32 Å². The number of nitriles is 2. The van der Waals surface area contributed by atoms with Crippen molar-refractivity contribution in [2.45, 2.75) is 50.7 Å². The molecular formula is C22H26N4O3. The third kappa shape index (κ3) is 5.83. The maximum atomic E-state index is 12.4. The number of anilines is 1. The Kier molecular flexibility index (Phi) is 7.39. The number of nitrogens with zero attached hydrogens (tertiary/aromatic N) is 3. The molecule has 1 amide bonds. The maximum absolute atomic E-state index is 12.4. The molecule has 7 nitrogen and oxygen atoms in total. The number of nitrogens with one attached hydrogen (secondary N) is 1. The third-order valence-corrected chi connectivity index (χ3v) is 5.00. The Hall–Kier alpha value is -3.32. The third-order valence-electron chi connectivity index (χ3n) is 5.00. The number of hydrogen-bond acceptors (Lipinski definition) is 6. The first-order valence-electron chi connectivity index (χ1n) is 9.64. The topological polar surface area (TPSA) is 106 Å². The molecule has 1 atom stereocenters. The Balaban J connectivity index is 2.03. The predicted molar refractivity (Wildman–Crippen MR) is 109 cm³/mol. The van der Waals surface area contributed by atoms with E-state index in [2.05, 4.69) is 11.4 Å². The summed E-state index contributed by atoms with van der Waals surface area (Å²) in [5.74, 6) is -1.41. The van der Waals surface area contributed by atoms with Crippen LogP contribution in [0.3, 0.4) is 0 Å². The first kappa shape index (κ1) is 22.0. The molecule has 152 valence electrons. The molecule has 1 unspecified atom stereocenters. The van der Waals surface area contributed by atoms with Crippen molar-refractivity contribution in [3.63, 3.8) is 0 Å². The minimum atomic E-state index is -1.11. The number of benzene rings is 1. The van der Waals surface area contributed by atoms with Crippen LogP contribution in [0, 0.1) is 22.7 Å². The molecule has 1 aromatic rings. The van der Waals surface area contributed by atoms with Gasteiger partial charge in [-0.2, -0.15) is 10.5 Å². The van der Waals surface area contributed by atoms with E-state index < -0.39 is 23.5 Å². The Morgan fingerprint density at radius 1 is 1.17 bits per heavy atom. The zero-order chi connectivity index (χ0) is 21.4. The first-order chi connectivity index (χ1) is 13.8. The molecule has 0 radical (unpaired) electrons. The molecule has 0 spiro atoms. The van der Waals surface area contributed by atoms with Crippen molar-refractivity contribution in [2.75, 3.05) is 19.0 Å². The lowest BCUT2D eigenvalue weighted by atomic mass is 9.83. The van der Waals surface area contributed by atoms with E-state index in [0.717, 1.165) is 24.9 Å². The van der Waals surface area contributed by atoms with Gasteiger partial charge in [0.2, 0.25) is 0 Å². The van der Waals surface area contributed by atoms with Crippen LogP contribution in [0.25, 0.3) is 6.08 Å². The summed E-state index contributed by atoms with van der Waals surface area (Å²) < 4.78 is 5.17. The molecule has 0 heterocycles. The van der Waals surface area contributed by atoms with Crippen molar-refractivity contribution < 1.29 is 14.3 Å². The van der Waals surface area contributed by atoms with Crippen LogP contribution in [-0.2, 0) is 14.3 Å². The molecule has 1 N–H and O–H groups in total. The van der Waals surface area contributed by atoms with Crippen molar-refractivity contribution in [3.8, 4) is 12.1 Å². The standard InChI is InChI=1S/C22H26N4O3/c1-16(20(27)25-22(15-24)11-5-4-6-12-22)29-21(28)18(14-23)13-17-7-9-19(10-8-17)26(2)3/h7-10,13,16H,4-6,11-12H2,1-3H3,(H,25,27)/b18-13+. The summed E-state index contributed by atoms with van der Waals surface area (Å²) in [5.41, 5.74) is 0.558. The lowest BCUT2D eigenvalue weighted by Crippen LogP contribution is -2.52. The van der Waals surface area contributed by atoms with Gasteiger partial charge in [-0.05, 0) is 43.5 Å². The summed E-state index contributed by atoms with van der Waals surface area (Å²) >= 11 is 0. The fourth-order valence-corrected chi connectivity index (χ4v) is 3.21. The van der Waals surface area contributed by atoms with Crippen molar-refractivity contribution in [1.29, 1.82) is 10.5 Å². The second-order valence-electron chi connectivity index (χ2n) is 7.45. The molecule has 0 aromatic heterocycles. The van der Waals surface area contributed by atoms with Gasteiger partial charge in [0.15, 0.2) is 6.10 Å². The number of hydrogen-bond donors (Lipinski definition) is 1. The van der Waals surface area contributed by atoms with Gasteiger partial charge in [-0.3, -0.25) is 4.79 Å². The normalized spacial score (nSPS) is 16.7. The maximum Gasteiger partial charge on any atom is 0.349 e. The summed E-state index contributed by atoms with van der Waals surface area (Å²) in [6.07, 6.45) is 4.26. The number of esters is 1. The lowest BCUT2D eigenvalue weighted by Gasteiger charge is -2.32. The predicted octanol–water partition coefficient (Wildman–Crippen LogP) is 2.93. The molecule has 7 heteroatoms. The Morgan fingerprint density at radius 2 is 1.79 bits per heavy atom. The summed E-state index contributed by atoms with van der Waals surface area (Å²) in [4.78, 5) is 26.7. The van der Waals surface area contributed by atoms with E-state index in [0.29, 0.717) is 18.4 Å². The summed E-state index contributed by atoms with van der Waals surface area (Å²) in [5, 5.41) is 21.5. The molecule has 2 rings (SSSR count). The molecule has 1 aliphatic carbocycles. The number of amides is 1. The van der Waals surface area contributed by atoms with Crippen LogP contribution >= 0.6 is 0 Å². The van der Waals surface area contributed by atoms with Crippen molar-refractivity contribution >= 4 is 23.6 Å². The van der Waals surface area contributed by atoms with Crippen LogP contribution < -0.4 is 10.2 Å². The van der Waals surface area contributed by atoms with Crippen LogP contribution in [0.4, 0.5) is 5.69 Å². The highest BCUT2D eigenvalue weighted by Crippen LogP contribution is 2.27. The molecule has 0 bridgehead atoms. The smallest absolute Gasteiger partial charge is 0.349 e. The summed E-state index contributed by atoms with van der Waals surface area (Å²) in [6.45, 7) is 1.43. The molecule has 29 heavy (non-hydrogen) atoms. The highest BCUT2D eigenvalue weighted by Gasteiger charge is 2.35.